The van der Waals surface area contributed by atoms with Crippen molar-refractivity contribution in [2.75, 3.05) is 13.7 Å². The number of methoxy groups -OCH3 is 1. The summed E-state index contributed by atoms with van der Waals surface area (Å²) >= 11 is 0. The highest BCUT2D eigenvalue weighted by Crippen LogP contribution is 2.28. The van der Waals surface area contributed by atoms with E-state index in [1.54, 1.807) is 14.0 Å². The molecule has 0 radical (unpaired) electrons. The first-order valence-electron chi connectivity index (χ1n) is 6.51. The Morgan fingerprint density at radius 3 is 2.44 bits per heavy atom. The Labute approximate surface area is 110 Å². The van der Waals surface area contributed by atoms with Crippen LogP contribution in [-0.4, -0.2) is 24.9 Å². The smallest absolute Gasteiger partial charge is 0.123 e. The van der Waals surface area contributed by atoms with Crippen LogP contribution in [0.2, 0.25) is 0 Å². The summed E-state index contributed by atoms with van der Waals surface area (Å²) in [6, 6.07) is 4.32. The second kappa shape index (κ2) is 6.76. The lowest BCUT2D eigenvalue weighted by atomic mass is 9.97. The Morgan fingerprint density at radius 1 is 1.28 bits per heavy atom. The Balaban J connectivity index is 2.89. The van der Waals surface area contributed by atoms with Gasteiger partial charge in [0, 0.05) is 18.7 Å². The van der Waals surface area contributed by atoms with Crippen LogP contribution in [0.4, 0.5) is 0 Å². The molecule has 0 aromatic heterocycles. The van der Waals surface area contributed by atoms with Crippen molar-refractivity contribution in [3.63, 3.8) is 0 Å². The predicted octanol–water partition coefficient (Wildman–Crippen LogP) is 2.60. The van der Waals surface area contributed by atoms with Gasteiger partial charge in [0.2, 0.25) is 0 Å². The SMILES string of the molecule is COc1cc(C(C)C)cc(C)c1CNC[C@H](C)O. The quantitative estimate of drug-likeness (QED) is 0.816. The number of ether oxygens (including phenoxy) is 1. The van der Waals surface area contributed by atoms with Crippen LogP contribution in [-0.2, 0) is 6.54 Å². The number of aliphatic hydroxyl groups excluding tert-OH is 1. The van der Waals surface area contributed by atoms with Crippen molar-refractivity contribution in [3.05, 3.63) is 28.8 Å². The number of aryl methyl sites for hydroxylation is 1. The zero-order valence-electron chi connectivity index (χ0n) is 12.1. The van der Waals surface area contributed by atoms with E-state index in [9.17, 15) is 5.11 Å². The van der Waals surface area contributed by atoms with Crippen LogP contribution in [0.1, 0.15) is 43.4 Å². The summed E-state index contributed by atoms with van der Waals surface area (Å²) in [5.41, 5.74) is 3.70. The zero-order valence-corrected chi connectivity index (χ0v) is 12.1. The lowest BCUT2D eigenvalue weighted by Gasteiger charge is -2.16. The molecule has 0 fully saturated rings. The van der Waals surface area contributed by atoms with Crippen LogP contribution in [0, 0.1) is 6.92 Å². The van der Waals surface area contributed by atoms with Gasteiger partial charge < -0.3 is 15.2 Å². The molecule has 0 bridgehead atoms. The van der Waals surface area contributed by atoms with E-state index < -0.39 is 0 Å². The maximum atomic E-state index is 9.25. The lowest BCUT2D eigenvalue weighted by Crippen LogP contribution is -2.24. The summed E-state index contributed by atoms with van der Waals surface area (Å²) in [7, 11) is 1.71. The van der Waals surface area contributed by atoms with Gasteiger partial charge in [-0.15, -0.1) is 0 Å². The van der Waals surface area contributed by atoms with Gasteiger partial charge in [-0.3, -0.25) is 0 Å². The average molecular weight is 251 g/mol. The van der Waals surface area contributed by atoms with Crippen LogP contribution in [0.5, 0.6) is 5.75 Å². The van der Waals surface area contributed by atoms with E-state index in [0.29, 0.717) is 12.5 Å². The minimum absolute atomic E-state index is 0.328. The van der Waals surface area contributed by atoms with Crippen molar-refractivity contribution in [1.29, 1.82) is 0 Å². The maximum absolute atomic E-state index is 9.25. The van der Waals surface area contributed by atoms with E-state index in [-0.39, 0.29) is 6.10 Å². The maximum Gasteiger partial charge on any atom is 0.123 e. The van der Waals surface area contributed by atoms with Gasteiger partial charge in [-0.05, 0) is 37.0 Å². The average Bonchev–Trinajstić information content (AvgIpc) is 2.29. The third-order valence-corrected chi connectivity index (χ3v) is 3.08. The van der Waals surface area contributed by atoms with E-state index in [1.165, 1.54) is 16.7 Å². The molecule has 1 rings (SSSR count). The highest BCUT2D eigenvalue weighted by molar-refractivity contribution is 5.44. The summed E-state index contributed by atoms with van der Waals surface area (Å²) < 4.78 is 5.47. The van der Waals surface area contributed by atoms with Crippen molar-refractivity contribution < 1.29 is 9.84 Å². The van der Waals surface area contributed by atoms with Crippen LogP contribution in [0.3, 0.4) is 0 Å². The molecular formula is C15H25NO2. The van der Waals surface area contributed by atoms with Crippen molar-refractivity contribution in [2.24, 2.45) is 0 Å². The molecular weight excluding hydrogens is 226 g/mol. The zero-order chi connectivity index (χ0) is 13.7. The van der Waals surface area contributed by atoms with Crippen LogP contribution in [0.15, 0.2) is 12.1 Å². The fourth-order valence-electron chi connectivity index (χ4n) is 1.96. The number of nitrogens with one attached hydrogen (secondary N) is 1. The molecule has 0 unspecified atom stereocenters. The van der Waals surface area contributed by atoms with Crippen molar-refractivity contribution >= 4 is 0 Å². The van der Waals surface area contributed by atoms with Gasteiger partial charge in [0.1, 0.15) is 5.75 Å². The van der Waals surface area contributed by atoms with Gasteiger partial charge in [-0.1, -0.05) is 19.9 Å². The van der Waals surface area contributed by atoms with E-state index >= 15 is 0 Å². The van der Waals surface area contributed by atoms with Gasteiger partial charge in [0.25, 0.3) is 0 Å². The van der Waals surface area contributed by atoms with Crippen LogP contribution in [0.25, 0.3) is 0 Å². The fourth-order valence-corrected chi connectivity index (χ4v) is 1.96. The first-order valence-corrected chi connectivity index (χ1v) is 6.51. The standard InChI is InChI=1S/C15H25NO2/c1-10(2)13-6-11(3)14(15(7-13)18-5)9-16-8-12(4)17/h6-7,10,12,16-17H,8-9H2,1-5H3/t12-/m0/s1. The largest absolute Gasteiger partial charge is 0.496 e. The topological polar surface area (TPSA) is 41.5 Å². The molecule has 1 aromatic rings. The minimum Gasteiger partial charge on any atom is -0.496 e. The molecule has 0 aliphatic rings. The number of rotatable bonds is 6. The number of hydrogen-bond acceptors (Lipinski definition) is 3. The summed E-state index contributed by atoms with van der Waals surface area (Å²) in [6.07, 6.45) is -0.328. The highest BCUT2D eigenvalue weighted by Gasteiger charge is 2.10. The highest BCUT2D eigenvalue weighted by atomic mass is 16.5. The molecule has 0 saturated carbocycles. The number of benzene rings is 1. The summed E-state index contributed by atoms with van der Waals surface area (Å²) in [5.74, 6) is 1.42. The molecule has 0 aliphatic carbocycles. The molecule has 102 valence electrons. The lowest BCUT2D eigenvalue weighted by molar-refractivity contribution is 0.191. The molecule has 1 aromatic carbocycles. The molecule has 3 heteroatoms. The van der Waals surface area contributed by atoms with Crippen LogP contribution >= 0.6 is 0 Å². The molecule has 2 N–H and O–H groups in total. The van der Waals surface area contributed by atoms with E-state index in [2.05, 4.69) is 38.2 Å². The Morgan fingerprint density at radius 2 is 1.94 bits per heavy atom. The monoisotopic (exact) mass is 251 g/mol. The van der Waals surface area contributed by atoms with Gasteiger partial charge >= 0.3 is 0 Å². The number of hydrogen-bond donors (Lipinski definition) is 2. The summed E-state index contributed by atoms with van der Waals surface area (Å²) in [4.78, 5) is 0. The minimum atomic E-state index is -0.328. The van der Waals surface area contributed by atoms with E-state index in [4.69, 9.17) is 4.74 Å². The molecule has 0 saturated heterocycles. The molecule has 0 heterocycles. The van der Waals surface area contributed by atoms with E-state index in [1.807, 2.05) is 0 Å². The predicted molar refractivity (Wildman–Crippen MR) is 75.2 cm³/mol. The fraction of sp³-hybridized carbons (Fsp3) is 0.600. The van der Waals surface area contributed by atoms with Gasteiger partial charge in [-0.25, -0.2) is 0 Å². The normalized spacial score (nSPS) is 12.8. The third-order valence-electron chi connectivity index (χ3n) is 3.08. The molecule has 18 heavy (non-hydrogen) atoms. The summed E-state index contributed by atoms with van der Waals surface area (Å²) in [6.45, 7) is 9.55. The first kappa shape index (κ1) is 15.0. The van der Waals surface area contributed by atoms with Crippen molar-refractivity contribution in [2.45, 2.75) is 46.3 Å². The molecule has 0 spiro atoms. The Hall–Kier alpha value is -1.06. The third kappa shape index (κ3) is 4.00. The van der Waals surface area contributed by atoms with Gasteiger partial charge in [-0.2, -0.15) is 0 Å². The Kier molecular flexibility index (Phi) is 5.63. The second-order valence-electron chi connectivity index (χ2n) is 5.15. The molecule has 3 nitrogen and oxygen atoms in total. The Bertz CT molecular complexity index is 386. The molecule has 1 atom stereocenters. The van der Waals surface area contributed by atoms with Crippen molar-refractivity contribution in [1.82, 2.24) is 5.32 Å². The van der Waals surface area contributed by atoms with Gasteiger partial charge in [0.05, 0.1) is 13.2 Å². The van der Waals surface area contributed by atoms with Crippen LogP contribution < -0.4 is 10.1 Å². The molecule has 0 aliphatic heterocycles. The summed E-state index contributed by atoms with van der Waals surface area (Å²) in [5, 5.41) is 12.5. The van der Waals surface area contributed by atoms with Gasteiger partial charge in [0.15, 0.2) is 0 Å². The number of aliphatic hydroxyl groups is 1. The second-order valence-corrected chi connectivity index (χ2v) is 5.15. The molecule has 0 amide bonds. The first-order chi connectivity index (χ1) is 8.45. The van der Waals surface area contributed by atoms with E-state index in [0.717, 1.165) is 12.3 Å². The van der Waals surface area contributed by atoms with Crippen molar-refractivity contribution in [3.8, 4) is 5.75 Å².